The molecule has 0 atom stereocenters. The van der Waals surface area contributed by atoms with E-state index in [1.165, 1.54) is 25.8 Å². The first-order chi connectivity index (χ1) is 13.8. The number of benzene rings is 2. The highest BCUT2D eigenvalue weighted by Crippen LogP contribution is 2.35. The smallest absolute Gasteiger partial charge is 0.241 e. The number of halogens is 1. The van der Waals surface area contributed by atoms with E-state index in [1.807, 2.05) is 36.6 Å². The molecule has 1 aromatic heterocycles. The first kappa shape index (κ1) is 21.8. The van der Waals surface area contributed by atoms with Gasteiger partial charge in [-0.1, -0.05) is 29.8 Å². The lowest BCUT2D eigenvalue weighted by Gasteiger charge is -2.12. The van der Waals surface area contributed by atoms with Crippen LogP contribution in [-0.4, -0.2) is 34.2 Å². The number of nitrogens with zero attached hydrogens (tertiary/aromatic N) is 1. The van der Waals surface area contributed by atoms with Crippen LogP contribution in [0.2, 0.25) is 0 Å². The molecule has 0 fully saturated rings. The topological polar surface area (TPSA) is 77.5 Å². The molecule has 29 heavy (non-hydrogen) atoms. The van der Waals surface area contributed by atoms with Gasteiger partial charge in [-0.3, -0.25) is 0 Å². The minimum absolute atomic E-state index is 0.0915. The molecule has 0 aliphatic carbocycles. The van der Waals surface area contributed by atoms with Crippen molar-refractivity contribution in [3.8, 4) is 22.1 Å². The number of hydrogen-bond acceptors (Lipinski definition) is 6. The third kappa shape index (κ3) is 5.16. The van der Waals surface area contributed by atoms with Crippen LogP contribution in [0.15, 0.2) is 51.1 Å². The van der Waals surface area contributed by atoms with Crippen LogP contribution in [0.1, 0.15) is 11.3 Å². The minimum Gasteiger partial charge on any atom is -0.493 e. The monoisotopic (exact) mass is 496 g/mol. The highest BCUT2D eigenvalue weighted by molar-refractivity contribution is 9.10. The third-order valence-electron chi connectivity index (χ3n) is 4.25. The summed E-state index contributed by atoms with van der Waals surface area (Å²) in [6, 6.07) is 11.2. The number of nitrogens with one attached hydrogen (secondary N) is 1. The fourth-order valence-electron chi connectivity index (χ4n) is 2.68. The summed E-state index contributed by atoms with van der Waals surface area (Å²) in [5, 5.41) is 2.88. The number of methoxy groups -OCH3 is 2. The molecule has 1 heterocycles. The van der Waals surface area contributed by atoms with Gasteiger partial charge >= 0.3 is 0 Å². The van der Waals surface area contributed by atoms with Gasteiger partial charge in [0.2, 0.25) is 10.0 Å². The normalized spacial score (nSPS) is 11.4. The Morgan fingerprint density at radius 2 is 1.76 bits per heavy atom. The van der Waals surface area contributed by atoms with Crippen molar-refractivity contribution in [3.05, 3.63) is 57.5 Å². The van der Waals surface area contributed by atoms with Crippen LogP contribution in [0.3, 0.4) is 0 Å². The van der Waals surface area contributed by atoms with Crippen molar-refractivity contribution in [1.29, 1.82) is 0 Å². The Hall–Kier alpha value is -1.94. The second-order valence-corrected chi connectivity index (χ2v) is 9.74. The van der Waals surface area contributed by atoms with Gasteiger partial charge in [0.05, 0.1) is 19.9 Å². The van der Waals surface area contributed by atoms with Crippen molar-refractivity contribution in [2.45, 2.75) is 18.2 Å². The minimum atomic E-state index is -3.73. The van der Waals surface area contributed by atoms with Gasteiger partial charge < -0.3 is 9.47 Å². The van der Waals surface area contributed by atoms with Crippen LogP contribution in [0.25, 0.3) is 10.6 Å². The lowest BCUT2D eigenvalue weighted by molar-refractivity contribution is 0.353. The standard InChI is InChI=1S/C20H21BrN2O4S2/c1-13-4-6-14(7-5-13)20-23-15(12-28-20)8-9-22-29(24,25)19-11-18(27-3)17(26-2)10-16(19)21/h4-7,10-12,22H,8-9H2,1-3H3. The number of aryl methyl sites for hydroxylation is 1. The molecule has 3 aromatic rings. The van der Waals surface area contributed by atoms with Crippen LogP contribution in [0.5, 0.6) is 11.5 Å². The molecule has 0 aliphatic rings. The van der Waals surface area contributed by atoms with Crippen LogP contribution in [0.4, 0.5) is 0 Å². The summed E-state index contributed by atoms with van der Waals surface area (Å²) < 4.78 is 38.8. The molecule has 0 unspecified atom stereocenters. The molecule has 0 bridgehead atoms. The van der Waals surface area contributed by atoms with Gasteiger partial charge in [-0.15, -0.1) is 11.3 Å². The van der Waals surface area contributed by atoms with E-state index in [-0.39, 0.29) is 11.4 Å². The largest absolute Gasteiger partial charge is 0.493 e. The maximum absolute atomic E-state index is 12.7. The van der Waals surface area contributed by atoms with Crippen molar-refractivity contribution in [2.75, 3.05) is 20.8 Å². The highest BCUT2D eigenvalue weighted by Gasteiger charge is 2.21. The molecule has 3 rings (SSSR count). The van der Waals surface area contributed by atoms with E-state index in [1.54, 1.807) is 17.4 Å². The van der Waals surface area contributed by atoms with Gasteiger partial charge in [-0.2, -0.15) is 0 Å². The summed E-state index contributed by atoms with van der Waals surface area (Å²) in [4.78, 5) is 4.70. The van der Waals surface area contributed by atoms with Gasteiger partial charge in [0.15, 0.2) is 11.5 Å². The van der Waals surface area contributed by atoms with E-state index in [0.29, 0.717) is 22.4 Å². The van der Waals surface area contributed by atoms with Crippen molar-refractivity contribution < 1.29 is 17.9 Å². The first-order valence-corrected chi connectivity index (χ1v) is 11.9. The third-order valence-corrected chi connectivity index (χ3v) is 7.61. The van der Waals surface area contributed by atoms with Gasteiger partial charge in [0.25, 0.3) is 0 Å². The Labute approximate surface area is 183 Å². The maximum atomic E-state index is 12.7. The number of thiazole rings is 1. The van der Waals surface area contributed by atoms with Crippen molar-refractivity contribution in [3.63, 3.8) is 0 Å². The summed E-state index contributed by atoms with van der Waals surface area (Å²) in [6.45, 7) is 2.28. The Balaban J connectivity index is 1.68. The zero-order chi connectivity index (χ0) is 21.0. The fraction of sp³-hybridized carbons (Fsp3) is 0.250. The van der Waals surface area contributed by atoms with Gasteiger partial charge in [0, 0.05) is 34.4 Å². The van der Waals surface area contributed by atoms with Gasteiger partial charge in [-0.05, 0) is 28.9 Å². The van der Waals surface area contributed by atoms with E-state index in [0.717, 1.165) is 16.3 Å². The Kier molecular flexibility index (Phi) is 6.94. The SMILES string of the molecule is COc1cc(Br)c(S(=O)(=O)NCCc2csc(-c3ccc(C)cc3)n2)cc1OC. The molecule has 2 aromatic carbocycles. The van der Waals surface area contributed by atoms with Crippen LogP contribution in [-0.2, 0) is 16.4 Å². The van der Waals surface area contributed by atoms with Gasteiger partial charge in [-0.25, -0.2) is 18.1 Å². The average molecular weight is 497 g/mol. The van der Waals surface area contributed by atoms with Crippen molar-refractivity contribution in [2.24, 2.45) is 0 Å². The maximum Gasteiger partial charge on any atom is 0.241 e. The van der Waals surface area contributed by atoms with Crippen molar-refractivity contribution >= 4 is 37.3 Å². The Bertz CT molecular complexity index is 1100. The second kappa shape index (κ2) is 9.25. The van der Waals surface area contributed by atoms with E-state index >= 15 is 0 Å². The molecule has 0 amide bonds. The predicted molar refractivity (Wildman–Crippen MR) is 118 cm³/mol. The number of hydrogen-bond donors (Lipinski definition) is 1. The molecular formula is C20H21BrN2O4S2. The summed E-state index contributed by atoms with van der Waals surface area (Å²) >= 11 is 4.84. The average Bonchev–Trinajstić information content (AvgIpc) is 3.16. The molecule has 9 heteroatoms. The van der Waals surface area contributed by atoms with Crippen LogP contribution < -0.4 is 14.2 Å². The molecule has 0 saturated carbocycles. The molecule has 0 saturated heterocycles. The predicted octanol–water partition coefficient (Wildman–Crippen LogP) is 4.42. The summed E-state index contributed by atoms with van der Waals surface area (Å²) in [7, 11) is -0.768. The number of aromatic nitrogens is 1. The van der Waals surface area contributed by atoms with E-state index in [4.69, 9.17) is 9.47 Å². The summed E-state index contributed by atoms with van der Waals surface area (Å²) in [5.41, 5.74) is 3.10. The lowest BCUT2D eigenvalue weighted by Crippen LogP contribution is -2.26. The number of rotatable bonds is 8. The first-order valence-electron chi connectivity index (χ1n) is 8.76. The molecule has 0 radical (unpaired) electrons. The Morgan fingerprint density at radius 1 is 1.10 bits per heavy atom. The number of sulfonamides is 1. The molecule has 154 valence electrons. The Morgan fingerprint density at radius 3 is 2.41 bits per heavy atom. The van der Waals surface area contributed by atoms with Gasteiger partial charge in [0.1, 0.15) is 9.90 Å². The second-order valence-electron chi connectivity index (χ2n) is 6.30. The lowest BCUT2D eigenvalue weighted by atomic mass is 10.2. The molecule has 0 aliphatic heterocycles. The fourth-order valence-corrected chi connectivity index (χ4v) is 5.61. The summed E-state index contributed by atoms with van der Waals surface area (Å²) in [5.74, 6) is 0.794. The molecule has 1 N–H and O–H groups in total. The van der Waals surface area contributed by atoms with Crippen LogP contribution in [0, 0.1) is 6.92 Å². The highest BCUT2D eigenvalue weighted by atomic mass is 79.9. The molecule has 6 nitrogen and oxygen atoms in total. The quantitative estimate of drug-likeness (QED) is 0.499. The summed E-state index contributed by atoms with van der Waals surface area (Å²) in [6.07, 6.45) is 0.493. The van der Waals surface area contributed by atoms with E-state index in [2.05, 4.69) is 25.6 Å². The number of ether oxygens (including phenoxy) is 2. The van der Waals surface area contributed by atoms with Crippen LogP contribution >= 0.6 is 27.3 Å². The van der Waals surface area contributed by atoms with E-state index in [9.17, 15) is 8.42 Å². The molecule has 0 spiro atoms. The zero-order valence-electron chi connectivity index (χ0n) is 16.2. The molecular weight excluding hydrogens is 476 g/mol. The zero-order valence-corrected chi connectivity index (χ0v) is 19.4. The van der Waals surface area contributed by atoms with Crippen molar-refractivity contribution in [1.82, 2.24) is 9.71 Å². The van der Waals surface area contributed by atoms with E-state index < -0.39 is 10.0 Å².